The van der Waals surface area contributed by atoms with Gasteiger partial charge in [-0.3, -0.25) is 0 Å². The summed E-state index contributed by atoms with van der Waals surface area (Å²) in [5.74, 6) is 0. The minimum absolute atomic E-state index is 0.00620. The van der Waals surface area contributed by atoms with E-state index in [1.807, 2.05) is 6.07 Å². The Labute approximate surface area is 119 Å². The van der Waals surface area contributed by atoms with Crippen molar-refractivity contribution in [2.45, 2.75) is 30.6 Å². The zero-order valence-electron chi connectivity index (χ0n) is 11.2. The van der Waals surface area contributed by atoms with Crippen LogP contribution in [0.3, 0.4) is 0 Å². The van der Waals surface area contributed by atoms with Crippen LogP contribution in [0.5, 0.6) is 0 Å². The number of sulfonamides is 1. The molecule has 2 rings (SSSR count). The highest BCUT2D eigenvalue weighted by molar-refractivity contribution is 7.89. The first-order valence-electron chi connectivity index (χ1n) is 6.62. The second-order valence-corrected chi connectivity index (χ2v) is 7.10. The van der Waals surface area contributed by atoms with E-state index in [4.69, 9.17) is 5.26 Å². The van der Waals surface area contributed by atoms with Gasteiger partial charge < -0.3 is 5.11 Å². The number of hydrogen-bond acceptors (Lipinski definition) is 4. The lowest BCUT2D eigenvalue weighted by molar-refractivity contribution is 0.134. The first kappa shape index (κ1) is 15.0. The van der Waals surface area contributed by atoms with Crippen molar-refractivity contribution in [3.05, 3.63) is 29.8 Å². The summed E-state index contributed by atoms with van der Waals surface area (Å²) in [6, 6.07) is 7.84. The van der Waals surface area contributed by atoms with Gasteiger partial charge in [0.05, 0.1) is 16.5 Å². The molecule has 1 fully saturated rings. The van der Waals surface area contributed by atoms with Gasteiger partial charge in [-0.15, -0.1) is 0 Å². The topological polar surface area (TPSA) is 90.2 Å². The Morgan fingerprint density at radius 2 is 2.05 bits per heavy atom. The van der Waals surface area contributed by atoms with Crippen LogP contribution in [0.4, 0.5) is 0 Å². The molecule has 0 saturated heterocycles. The molecule has 5 nitrogen and oxygen atoms in total. The lowest BCUT2D eigenvalue weighted by Gasteiger charge is -2.26. The van der Waals surface area contributed by atoms with Crippen LogP contribution in [0.2, 0.25) is 0 Å². The van der Waals surface area contributed by atoms with Gasteiger partial charge >= 0.3 is 0 Å². The molecule has 0 radical (unpaired) electrons. The average Bonchev–Trinajstić information content (AvgIpc) is 2.95. The van der Waals surface area contributed by atoms with Crippen LogP contribution in [0.1, 0.15) is 31.2 Å². The zero-order valence-corrected chi connectivity index (χ0v) is 12.0. The molecule has 108 valence electrons. The van der Waals surface area contributed by atoms with E-state index >= 15 is 0 Å². The molecule has 0 aromatic heterocycles. The molecule has 0 bridgehead atoms. The lowest BCUT2D eigenvalue weighted by atomic mass is 9.88. The molecular formula is C14H18N2O3S. The minimum atomic E-state index is -3.64. The first-order chi connectivity index (χ1) is 9.51. The van der Waals surface area contributed by atoms with E-state index in [0.29, 0.717) is 5.56 Å². The largest absolute Gasteiger partial charge is 0.396 e. The Bertz CT molecular complexity index is 614. The molecule has 20 heavy (non-hydrogen) atoms. The summed E-state index contributed by atoms with van der Waals surface area (Å²) < 4.78 is 27.0. The number of aliphatic hydroxyl groups is 1. The van der Waals surface area contributed by atoms with Crippen LogP contribution >= 0.6 is 0 Å². The Hall–Kier alpha value is -1.42. The van der Waals surface area contributed by atoms with Gasteiger partial charge in [-0.25, -0.2) is 13.1 Å². The van der Waals surface area contributed by atoms with E-state index in [1.165, 1.54) is 12.1 Å². The van der Waals surface area contributed by atoms with Crippen molar-refractivity contribution in [3.63, 3.8) is 0 Å². The van der Waals surface area contributed by atoms with Gasteiger partial charge in [0, 0.05) is 18.6 Å². The van der Waals surface area contributed by atoms with Crippen molar-refractivity contribution in [1.29, 1.82) is 5.26 Å². The van der Waals surface area contributed by atoms with Gasteiger partial charge in [0.2, 0.25) is 10.0 Å². The molecule has 1 aromatic carbocycles. The van der Waals surface area contributed by atoms with Crippen LogP contribution in [-0.2, 0) is 10.0 Å². The molecule has 0 spiro atoms. The summed E-state index contributed by atoms with van der Waals surface area (Å²) in [5, 5.41) is 18.3. The normalized spacial score (nSPS) is 17.8. The number of nitriles is 1. The van der Waals surface area contributed by atoms with E-state index in [1.54, 1.807) is 12.1 Å². The Balaban J connectivity index is 2.13. The lowest BCUT2D eigenvalue weighted by Crippen LogP contribution is -2.38. The van der Waals surface area contributed by atoms with E-state index in [9.17, 15) is 13.5 Å². The van der Waals surface area contributed by atoms with Gasteiger partial charge in [-0.1, -0.05) is 18.9 Å². The maximum atomic E-state index is 12.2. The first-order valence-corrected chi connectivity index (χ1v) is 8.10. The monoisotopic (exact) mass is 294 g/mol. The molecule has 0 heterocycles. The number of benzene rings is 1. The summed E-state index contributed by atoms with van der Waals surface area (Å²) in [7, 11) is -3.64. The van der Waals surface area contributed by atoms with Gasteiger partial charge in [0.1, 0.15) is 0 Å². The van der Waals surface area contributed by atoms with Crippen LogP contribution in [0.25, 0.3) is 0 Å². The molecule has 1 aromatic rings. The second kappa shape index (κ2) is 5.92. The Kier molecular flexibility index (Phi) is 4.43. The van der Waals surface area contributed by atoms with Crippen LogP contribution in [0, 0.1) is 16.7 Å². The van der Waals surface area contributed by atoms with Crippen molar-refractivity contribution >= 4 is 10.0 Å². The second-order valence-electron chi connectivity index (χ2n) is 5.33. The fourth-order valence-electron chi connectivity index (χ4n) is 2.58. The number of aliphatic hydroxyl groups excluding tert-OH is 1. The third-order valence-electron chi connectivity index (χ3n) is 3.91. The van der Waals surface area contributed by atoms with E-state index in [-0.39, 0.29) is 23.5 Å². The summed E-state index contributed by atoms with van der Waals surface area (Å²) in [4.78, 5) is 0.0858. The molecule has 2 N–H and O–H groups in total. The molecule has 0 unspecified atom stereocenters. The molecule has 1 aliphatic rings. The van der Waals surface area contributed by atoms with Gasteiger partial charge in [-0.05, 0) is 31.0 Å². The predicted molar refractivity (Wildman–Crippen MR) is 74.3 cm³/mol. The van der Waals surface area contributed by atoms with Crippen molar-refractivity contribution in [1.82, 2.24) is 4.72 Å². The van der Waals surface area contributed by atoms with Gasteiger partial charge in [-0.2, -0.15) is 5.26 Å². The fourth-order valence-corrected chi connectivity index (χ4v) is 3.78. The van der Waals surface area contributed by atoms with Crippen LogP contribution in [-0.4, -0.2) is 26.7 Å². The highest BCUT2D eigenvalue weighted by Gasteiger charge is 2.34. The van der Waals surface area contributed by atoms with Crippen molar-refractivity contribution < 1.29 is 13.5 Å². The van der Waals surface area contributed by atoms with Crippen molar-refractivity contribution in [3.8, 4) is 6.07 Å². The maximum absolute atomic E-state index is 12.2. The van der Waals surface area contributed by atoms with Crippen LogP contribution in [0.15, 0.2) is 29.2 Å². The summed E-state index contributed by atoms with van der Waals surface area (Å²) in [6.45, 7) is 0.233. The molecule has 0 amide bonds. The Morgan fingerprint density at radius 3 is 2.65 bits per heavy atom. The molecule has 6 heteroatoms. The standard InChI is InChI=1S/C14H18N2O3S/c15-9-12-4-3-5-13(8-12)20(18,19)16-10-14(11-17)6-1-2-7-14/h3-5,8,16-17H,1-2,6-7,10-11H2. The number of nitrogens with one attached hydrogen (secondary N) is 1. The fraction of sp³-hybridized carbons (Fsp3) is 0.500. The molecule has 1 saturated carbocycles. The molecule has 1 aliphatic carbocycles. The quantitative estimate of drug-likeness (QED) is 0.858. The minimum Gasteiger partial charge on any atom is -0.396 e. The highest BCUT2D eigenvalue weighted by Crippen LogP contribution is 2.37. The zero-order chi connectivity index (χ0) is 14.6. The van der Waals surface area contributed by atoms with E-state index < -0.39 is 10.0 Å². The SMILES string of the molecule is N#Cc1cccc(S(=O)(=O)NCC2(CO)CCCC2)c1. The molecule has 0 atom stereocenters. The third kappa shape index (κ3) is 3.18. The summed E-state index contributed by atoms with van der Waals surface area (Å²) in [6.07, 6.45) is 3.72. The predicted octanol–water partition coefficient (Wildman–Crippen LogP) is 1.39. The molecular weight excluding hydrogens is 276 g/mol. The average molecular weight is 294 g/mol. The third-order valence-corrected chi connectivity index (χ3v) is 5.31. The number of rotatable bonds is 5. The number of hydrogen-bond donors (Lipinski definition) is 2. The highest BCUT2D eigenvalue weighted by atomic mass is 32.2. The Morgan fingerprint density at radius 1 is 1.35 bits per heavy atom. The van der Waals surface area contributed by atoms with Gasteiger partial charge in [0.15, 0.2) is 0 Å². The maximum Gasteiger partial charge on any atom is 0.240 e. The molecule has 0 aliphatic heterocycles. The summed E-state index contributed by atoms with van der Waals surface area (Å²) >= 11 is 0. The van der Waals surface area contributed by atoms with E-state index in [2.05, 4.69) is 4.72 Å². The van der Waals surface area contributed by atoms with Crippen molar-refractivity contribution in [2.24, 2.45) is 5.41 Å². The van der Waals surface area contributed by atoms with Crippen LogP contribution < -0.4 is 4.72 Å². The smallest absolute Gasteiger partial charge is 0.240 e. The summed E-state index contributed by atoms with van der Waals surface area (Å²) in [5.41, 5.74) is -0.0227. The van der Waals surface area contributed by atoms with Gasteiger partial charge in [0.25, 0.3) is 0 Å². The number of nitrogens with zero attached hydrogens (tertiary/aromatic N) is 1. The van der Waals surface area contributed by atoms with E-state index in [0.717, 1.165) is 25.7 Å². The van der Waals surface area contributed by atoms with Crippen molar-refractivity contribution in [2.75, 3.05) is 13.2 Å².